The molecular formula is C14H12. The van der Waals surface area contributed by atoms with Crippen LogP contribution in [-0.2, 0) is 0 Å². The van der Waals surface area contributed by atoms with Crippen LogP contribution in [0.2, 0.25) is 0 Å². The van der Waals surface area contributed by atoms with Crippen LogP contribution in [0.25, 0.3) is 22.4 Å². The highest BCUT2D eigenvalue weighted by molar-refractivity contribution is 6.09. The Morgan fingerprint density at radius 2 is 1.79 bits per heavy atom. The molecule has 0 heteroatoms. The average Bonchev–Trinajstić information content (AvgIpc) is 2.50. The van der Waals surface area contributed by atoms with Gasteiger partial charge >= 0.3 is 0 Å². The fourth-order valence-electron chi connectivity index (χ4n) is 2.34. The molecule has 1 aliphatic rings. The van der Waals surface area contributed by atoms with Crippen LogP contribution < -0.4 is 0 Å². The number of hydrogen-bond acceptors (Lipinski definition) is 0. The summed E-state index contributed by atoms with van der Waals surface area (Å²) in [6, 6.07) is 11.0. The molecule has 0 amide bonds. The van der Waals surface area contributed by atoms with Crippen molar-refractivity contribution >= 4 is 22.4 Å². The van der Waals surface area contributed by atoms with E-state index in [1.807, 2.05) is 0 Å². The van der Waals surface area contributed by atoms with Gasteiger partial charge in [-0.1, -0.05) is 36.4 Å². The SMILES string of the molecule is CC1=Cc2cccc3c(C)ccc1c23. The van der Waals surface area contributed by atoms with E-state index in [0.717, 1.165) is 0 Å². The molecule has 0 aromatic heterocycles. The van der Waals surface area contributed by atoms with Gasteiger partial charge in [-0.25, -0.2) is 0 Å². The van der Waals surface area contributed by atoms with Gasteiger partial charge in [0.15, 0.2) is 0 Å². The normalized spacial score (nSPS) is 13.4. The Hall–Kier alpha value is -1.56. The second kappa shape index (κ2) is 2.48. The molecule has 14 heavy (non-hydrogen) atoms. The molecular weight excluding hydrogens is 168 g/mol. The third-order valence-electron chi connectivity index (χ3n) is 3.09. The summed E-state index contributed by atoms with van der Waals surface area (Å²) in [6.45, 7) is 4.36. The smallest absolute Gasteiger partial charge is 0.00334 e. The van der Waals surface area contributed by atoms with E-state index in [9.17, 15) is 0 Å². The van der Waals surface area contributed by atoms with Crippen LogP contribution in [0.1, 0.15) is 23.6 Å². The summed E-state index contributed by atoms with van der Waals surface area (Å²) in [6.07, 6.45) is 2.27. The van der Waals surface area contributed by atoms with Gasteiger partial charge in [0.2, 0.25) is 0 Å². The Kier molecular flexibility index (Phi) is 1.38. The largest absolute Gasteiger partial charge is 0.0610 e. The summed E-state index contributed by atoms with van der Waals surface area (Å²) in [4.78, 5) is 0. The summed E-state index contributed by atoms with van der Waals surface area (Å²) in [7, 11) is 0. The number of allylic oxidation sites excluding steroid dienone is 1. The molecule has 0 nitrogen and oxygen atoms in total. The van der Waals surface area contributed by atoms with E-state index in [0.29, 0.717) is 0 Å². The van der Waals surface area contributed by atoms with Crippen molar-refractivity contribution in [2.45, 2.75) is 13.8 Å². The molecule has 0 spiro atoms. The standard InChI is InChI=1S/C14H12/c1-9-6-7-13-10(2)8-11-4-3-5-12(9)14(11)13/h3-8H,1-2H3. The maximum absolute atomic E-state index is 2.27. The first kappa shape index (κ1) is 7.81. The minimum atomic E-state index is 1.37. The maximum Gasteiger partial charge on any atom is -0.00334 e. The van der Waals surface area contributed by atoms with Crippen LogP contribution in [0.5, 0.6) is 0 Å². The van der Waals surface area contributed by atoms with Crippen molar-refractivity contribution in [3.05, 3.63) is 47.0 Å². The lowest BCUT2D eigenvalue weighted by atomic mass is 9.99. The van der Waals surface area contributed by atoms with Gasteiger partial charge in [-0.05, 0) is 46.9 Å². The highest BCUT2D eigenvalue weighted by atomic mass is 14.2. The van der Waals surface area contributed by atoms with Gasteiger partial charge in [-0.3, -0.25) is 0 Å². The summed E-state index contributed by atoms with van der Waals surface area (Å²) in [5.41, 5.74) is 5.53. The van der Waals surface area contributed by atoms with Crippen molar-refractivity contribution in [3.8, 4) is 0 Å². The molecule has 1 aliphatic carbocycles. The van der Waals surface area contributed by atoms with Crippen LogP contribution in [0, 0.1) is 6.92 Å². The van der Waals surface area contributed by atoms with Crippen molar-refractivity contribution < 1.29 is 0 Å². The lowest BCUT2D eigenvalue weighted by molar-refractivity contribution is 1.52. The molecule has 0 saturated carbocycles. The molecule has 0 atom stereocenters. The molecule has 2 aromatic carbocycles. The molecule has 2 aromatic rings. The summed E-state index contributed by atoms with van der Waals surface area (Å²) >= 11 is 0. The average molecular weight is 180 g/mol. The Labute approximate surface area is 83.9 Å². The molecule has 0 fully saturated rings. The number of rotatable bonds is 0. The first-order chi connectivity index (χ1) is 6.77. The van der Waals surface area contributed by atoms with Crippen LogP contribution in [0.4, 0.5) is 0 Å². The van der Waals surface area contributed by atoms with Crippen molar-refractivity contribution in [1.82, 2.24) is 0 Å². The first-order valence-electron chi connectivity index (χ1n) is 4.98. The lowest BCUT2D eigenvalue weighted by Crippen LogP contribution is -1.83. The van der Waals surface area contributed by atoms with Crippen LogP contribution in [0.15, 0.2) is 30.3 Å². The number of hydrogen-bond donors (Lipinski definition) is 0. The van der Waals surface area contributed by atoms with E-state index in [1.165, 1.54) is 33.0 Å². The second-order valence-corrected chi connectivity index (χ2v) is 4.03. The summed E-state index contributed by atoms with van der Waals surface area (Å²) in [5.74, 6) is 0. The Morgan fingerprint density at radius 3 is 2.64 bits per heavy atom. The van der Waals surface area contributed by atoms with E-state index in [4.69, 9.17) is 0 Å². The fraction of sp³-hybridized carbons (Fsp3) is 0.143. The third-order valence-corrected chi connectivity index (χ3v) is 3.09. The molecule has 0 bridgehead atoms. The van der Waals surface area contributed by atoms with Gasteiger partial charge in [0.25, 0.3) is 0 Å². The lowest BCUT2D eigenvalue weighted by Gasteiger charge is -2.05. The quantitative estimate of drug-likeness (QED) is 0.574. The van der Waals surface area contributed by atoms with E-state index in [2.05, 4.69) is 50.3 Å². The van der Waals surface area contributed by atoms with Gasteiger partial charge in [0.1, 0.15) is 0 Å². The zero-order valence-electron chi connectivity index (χ0n) is 8.46. The van der Waals surface area contributed by atoms with Gasteiger partial charge in [-0.2, -0.15) is 0 Å². The highest BCUT2D eigenvalue weighted by Gasteiger charge is 2.13. The third kappa shape index (κ3) is 0.832. The Balaban J connectivity index is 2.59. The minimum absolute atomic E-state index is 1.37. The van der Waals surface area contributed by atoms with Gasteiger partial charge in [-0.15, -0.1) is 0 Å². The predicted octanol–water partition coefficient (Wildman–Crippen LogP) is 4.02. The van der Waals surface area contributed by atoms with Crippen molar-refractivity contribution in [1.29, 1.82) is 0 Å². The molecule has 68 valence electrons. The second-order valence-electron chi connectivity index (χ2n) is 4.03. The van der Waals surface area contributed by atoms with Crippen molar-refractivity contribution in [3.63, 3.8) is 0 Å². The van der Waals surface area contributed by atoms with Gasteiger partial charge < -0.3 is 0 Å². The maximum atomic E-state index is 2.27. The van der Waals surface area contributed by atoms with E-state index < -0.39 is 0 Å². The van der Waals surface area contributed by atoms with Crippen LogP contribution in [-0.4, -0.2) is 0 Å². The van der Waals surface area contributed by atoms with Crippen molar-refractivity contribution in [2.75, 3.05) is 0 Å². The van der Waals surface area contributed by atoms with Gasteiger partial charge in [0, 0.05) is 0 Å². The van der Waals surface area contributed by atoms with E-state index >= 15 is 0 Å². The zero-order chi connectivity index (χ0) is 9.71. The van der Waals surface area contributed by atoms with E-state index in [1.54, 1.807) is 0 Å². The monoisotopic (exact) mass is 180 g/mol. The summed E-state index contributed by atoms with van der Waals surface area (Å²) < 4.78 is 0. The molecule has 0 radical (unpaired) electrons. The fourth-order valence-corrected chi connectivity index (χ4v) is 2.34. The Bertz CT molecular complexity index is 560. The molecule has 0 unspecified atom stereocenters. The number of aryl methyl sites for hydroxylation is 1. The molecule has 0 aliphatic heterocycles. The van der Waals surface area contributed by atoms with Gasteiger partial charge in [0.05, 0.1) is 0 Å². The van der Waals surface area contributed by atoms with Crippen LogP contribution in [0.3, 0.4) is 0 Å². The molecule has 3 rings (SSSR count). The molecule has 0 heterocycles. The van der Waals surface area contributed by atoms with Crippen molar-refractivity contribution in [2.24, 2.45) is 0 Å². The Morgan fingerprint density at radius 1 is 0.929 bits per heavy atom. The zero-order valence-corrected chi connectivity index (χ0v) is 8.46. The van der Waals surface area contributed by atoms with E-state index in [-0.39, 0.29) is 0 Å². The molecule has 0 N–H and O–H groups in total. The first-order valence-corrected chi connectivity index (χ1v) is 4.98. The minimum Gasteiger partial charge on any atom is -0.0610 e. The van der Waals surface area contributed by atoms with Crippen LogP contribution >= 0.6 is 0 Å². The topological polar surface area (TPSA) is 0 Å². The number of benzene rings is 2. The highest BCUT2D eigenvalue weighted by Crippen LogP contribution is 2.37. The molecule has 0 saturated heterocycles. The summed E-state index contributed by atoms with van der Waals surface area (Å²) in [5, 5.41) is 2.83. The predicted molar refractivity (Wildman–Crippen MR) is 62.2 cm³/mol.